The Balaban J connectivity index is 2.39. The molecule has 0 aromatic heterocycles. The third-order valence-corrected chi connectivity index (χ3v) is 4.91. The molecule has 0 radical (unpaired) electrons. The van der Waals surface area contributed by atoms with Crippen molar-refractivity contribution in [2.45, 2.75) is 25.7 Å². The van der Waals surface area contributed by atoms with Crippen molar-refractivity contribution in [1.82, 2.24) is 0 Å². The van der Waals surface area contributed by atoms with Crippen molar-refractivity contribution >= 4 is 23.8 Å². The van der Waals surface area contributed by atoms with Gasteiger partial charge in [-0.05, 0) is 30.5 Å². The van der Waals surface area contributed by atoms with Gasteiger partial charge in [0.2, 0.25) is 0 Å². The van der Waals surface area contributed by atoms with Crippen LogP contribution in [-0.2, 0) is 23.9 Å². The molecule has 0 heterocycles. The Hall–Kier alpha value is -2.94. The van der Waals surface area contributed by atoms with Crippen molar-refractivity contribution in [3.63, 3.8) is 0 Å². The van der Waals surface area contributed by atoms with Crippen LogP contribution in [0.5, 0.6) is 0 Å². The van der Waals surface area contributed by atoms with Crippen molar-refractivity contribution in [2.24, 2.45) is 17.8 Å². The third kappa shape index (κ3) is 5.04. The Morgan fingerprint density at radius 2 is 1.78 bits per heavy atom. The number of allylic oxidation sites excluding steroid dienone is 1. The van der Waals surface area contributed by atoms with Gasteiger partial charge in [0.1, 0.15) is 5.78 Å². The van der Waals surface area contributed by atoms with Gasteiger partial charge in [0, 0.05) is 18.3 Å². The largest absolute Gasteiger partial charge is 0.468 e. The lowest BCUT2D eigenvalue weighted by atomic mass is 9.73. The maximum atomic E-state index is 12.5. The number of ether oxygens (including phenoxy) is 2. The minimum absolute atomic E-state index is 0.0496. The number of hydrogen-bond acceptors (Lipinski definition) is 6. The molecule has 1 saturated carbocycles. The quantitative estimate of drug-likeness (QED) is 0.565. The zero-order chi connectivity index (χ0) is 19.8. The maximum Gasteiger partial charge on any atom is 0.320 e. The number of nitriles is 1. The second-order valence-electron chi connectivity index (χ2n) is 6.51. The number of Topliss-reactive ketones (excluding diaryl/α,β-unsaturated/α-hetero) is 1. The van der Waals surface area contributed by atoms with Crippen LogP contribution in [0.1, 0.15) is 36.8 Å². The first-order valence-corrected chi connectivity index (χ1v) is 8.88. The highest BCUT2D eigenvalue weighted by atomic mass is 16.5. The van der Waals surface area contributed by atoms with E-state index in [4.69, 9.17) is 14.7 Å². The van der Waals surface area contributed by atoms with Crippen LogP contribution >= 0.6 is 0 Å². The topological polar surface area (TPSA) is 93.5 Å². The number of nitrogens with zero attached hydrogens (tertiary/aromatic N) is 1. The normalized spacial score (nSPS) is 18.1. The summed E-state index contributed by atoms with van der Waals surface area (Å²) in [6.45, 7) is 0. The molecule has 0 saturated heterocycles. The first-order chi connectivity index (χ1) is 13.0. The fourth-order valence-electron chi connectivity index (χ4n) is 3.45. The average molecular weight is 369 g/mol. The van der Waals surface area contributed by atoms with Crippen molar-refractivity contribution in [1.29, 1.82) is 5.26 Å². The van der Waals surface area contributed by atoms with Gasteiger partial charge in [0.05, 0.1) is 25.9 Å². The zero-order valence-electron chi connectivity index (χ0n) is 15.5. The molecule has 0 N–H and O–H groups in total. The molecule has 2 atom stereocenters. The summed E-state index contributed by atoms with van der Waals surface area (Å²) in [4.78, 5) is 37.1. The molecule has 2 unspecified atom stereocenters. The number of carbonyl (C=O) groups is 3. The number of methoxy groups -OCH3 is 2. The molecule has 142 valence electrons. The van der Waals surface area contributed by atoms with Gasteiger partial charge in [-0.1, -0.05) is 30.7 Å². The van der Waals surface area contributed by atoms with Crippen LogP contribution < -0.4 is 0 Å². The predicted octanol–water partition coefficient (Wildman–Crippen LogP) is 2.91. The van der Waals surface area contributed by atoms with E-state index in [1.54, 1.807) is 36.4 Å². The van der Waals surface area contributed by atoms with Crippen molar-refractivity contribution in [3.8, 4) is 6.07 Å². The Labute approximate surface area is 158 Å². The van der Waals surface area contributed by atoms with E-state index in [-0.39, 0.29) is 5.78 Å². The highest BCUT2D eigenvalue weighted by Crippen LogP contribution is 2.34. The van der Waals surface area contributed by atoms with Crippen LogP contribution in [0.2, 0.25) is 0 Å². The Bertz CT molecular complexity index is 744. The Kier molecular flexibility index (Phi) is 7.30. The molecule has 0 bridgehead atoms. The number of esters is 2. The molecule has 1 aromatic rings. The monoisotopic (exact) mass is 369 g/mol. The average Bonchev–Trinajstić information content (AvgIpc) is 2.71. The first-order valence-electron chi connectivity index (χ1n) is 8.88. The minimum atomic E-state index is -1.19. The van der Waals surface area contributed by atoms with Gasteiger partial charge in [-0.3, -0.25) is 14.4 Å². The van der Waals surface area contributed by atoms with E-state index in [0.717, 1.165) is 18.4 Å². The second-order valence-corrected chi connectivity index (χ2v) is 6.51. The molecule has 0 spiro atoms. The van der Waals surface area contributed by atoms with E-state index < -0.39 is 29.7 Å². The van der Waals surface area contributed by atoms with Gasteiger partial charge in [0.15, 0.2) is 5.92 Å². The number of carbonyl (C=O) groups excluding carboxylic acids is 3. The molecular formula is C21H23NO5. The van der Waals surface area contributed by atoms with Crippen LogP contribution in [0.4, 0.5) is 0 Å². The fourth-order valence-corrected chi connectivity index (χ4v) is 3.45. The minimum Gasteiger partial charge on any atom is -0.468 e. The highest BCUT2D eigenvalue weighted by Gasteiger charge is 2.42. The molecule has 2 rings (SSSR count). The summed E-state index contributed by atoms with van der Waals surface area (Å²) in [5, 5.41) is 8.89. The van der Waals surface area contributed by atoms with Crippen LogP contribution in [-0.4, -0.2) is 31.9 Å². The molecule has 6 heteroatoms. The number of hydrogen-bond donors (Lipinski definition) is 0. The van der Waals surface area contributed by atoms with Crippen LogP contribution in [0.25, 0.3) is 6.08 Å². The SMILES string of the molecule is COC(=O)C(C(=O)OC)C(/C=C/c1ccc(C#N)cc1)C1CCCCC1=O. The van der Waals surface area contributed by atoms with E-state index in [9.17, 15) is 14.4 Å². The van der Waals surface area contributed by atoms with Crippen molar-refractivity contribution in [3.05, 3.63) is 41.5 Å². The van der Waals surface area contributed by atoms with Crippen molar-refractivity contribution in [2.75, 3.05) is 14.2 Å². The fraction of sp³-hybridized carbons (Fsp3) is 0.429. The van der Waals surface area contributed by atoms with E-state index in [1.807, 2.05) is 6.07 Å². The number of benzene rings is 1. The summed E-state index contributed by atoms with van der Waals surface area (Å²) in [5.74, 6) is -3.65. The molecule has 6 nitrogen and oxygen atoms in total. The standard InChI is InChI=1S/C21H23NO5/c1-26-20(24)19(21(25)27-2)17(16-5-3-4-6-18(16)23)12-11-14-7-9-15(13-22)10-8-14/h7-12,16-17,19H,3-6H2,1-2H3/b12-11+. The smallest absolute Gasteiger partial charge is 0.320 e. The molecule has 27 heavy (non-hydrogen) atoms. The molecule has 1 aromatic carbocycles. The van der Waals surface area contributed by atoms with Gasteiger partial charge < -0.3 is 9.47 Å². The summed E-state index contributed by atoms with van der Waals surface area (Å²) >= 11 is 0. The van der Waals surface area contributed by atoms with Gasteiger partial charge in [-0.25, -0.2) is 0 Å². The van der Waals surface area contributed by atoms with Gasteiger partial charge >= 0.3 is 11.9 Å². The molecule has 1 fully saturated rings. The first kappa shape index (κ1) is 20.4. The van der Waals surface area contributed by atoms with Crippen molar-refractivity contribution < 1.29 is 23.9 Å². The Morgan fingerprint density at radius 3 is 2.30 bits per heavy atom. The zero-order valence-corrected chi connectivity index (χ0v) is 15.5. The summed E-state index contributed by atoms with van der Waals surface area (Å²) in [7, 11) is 2.42. The van der Waals surface area contributed by atoms with Gasteiger partial charge in [-0.2, -0.15) is 5.26 Å². The summed E-state index contributed by atoms with van der Waals surface area (Å²) in [6, 6.07) is 8.93. The molecular weight excluding hydrogens is 346 g/mol. The molecule has 1 aliphatic rings. The van der Waals surface area contributed by atoms with Gasteiger partial charge in [0.25, 0.3) is 0 Å². The highest BCUT2D eigenvalue weighted by molar-refractivity contribution is 5.96. The number of ketones is 1. The van der Waals surface area contributed by atoms with E-state index in [1.165, 1.54) is 14.2 Å². The maximum absolute atomic E-state index is 12.5. The Morgan fingerprint density at radius 1 is 1.15 bits per heavy atom. The van der Waals surface area contributed by atoms with Gasteiger partial charge in [-0.15, -0.1) is 0 Å². The van der Waals surface area contributed by atoms with E-state index in [0.29, 0.717) is 18.4 Å². The lowest BCUT2D eigenvalue weighted by Gasteiger charge is -2.30. The number of rotatable bonds is 6. The van der Waals surface area contributed by atoms with Crippen LogP contribution in [0.3, 0.4) is 0 Å². The second kappa shape index (κ2) is 9.67. The molecule has 0 aliphatic heterocycles. The lowest BCUT2D eigenvalue weighted by molar-refractivity contribution is -0.162. The van der Waals surface area contributed by atoms with E-state index >= 15 is 0 Å². The summed E-state index contributed by atoms with van der Waals surface area (Å²) in [5.41, 5.74) is 1.34. The predicted molar refractivity (Wildman–Crippen MR) is 98.2 cm³/mol. The third-order valence-electron chi connectivity index (χ3n) is 4.91. The van der Waals surface area contributed by atoms with Crippen LogP contribution in [0, 0.1) is 29.1 Å². The van der Waals surface area contributed by atoms with E-state index in [2.05, 4.69) is 0 Å². The lowest BCUT2D eigenvalue weighted by Crippen LogP contribution is -2.39. The molecule has 0 amide bonds. The summed E-state index contributed by atoms with van der Waals surface area (Å²) < 4.78 is 9.61. The summed E-state index contributed by atoms with van der Waals surface area (Å²) in [6.07, 6.45) is 6.22. The van der Waals surface area contributed by atoms with Crippen LogP contribution in [0.15, 0.2) is 30.3 Å². The molecule has 1 aliphatic carbocycles.